The second kappa shape index (κ2) is 8.52. The van der Waals surface area contributed by atoms with Crippen molar-refractivity contribution < 1.29 is 9.21 Å². The Balaban J connectivity index is 1.67. The van der Waals surface area contributed by atoms with Gasteiger partial charge in [-0.25, -0.2) is 4.99 Å². The number of para-hydroxylation sites is 1. The number of aromatic nitrogens is 1. The number of nitrogens with zero attached hydrogens (tertiary/aromatic N) is 2. The van der Waals surface area contributed by atoms with Gasteiger partial charge < -0.3 is 9.73 Å². The number of allylic oxidation sites excluding steroid dienone is 1. The van der Waals surface area contributed by atoms with Crippen molar-refractivity contribution in [2.45, 2.75) is 19.9 Å². The zero-order valence-electron chi connectivity index (χ0n) is 18.1. The first-order valence-electron chi connectivity index (χ1n) is 10.5. The highest BCUT2D eigenvalue weighted by Gasteiger charge is 2.32. The first-order valence-corrected chi connectivity index (χ1v) is 11.3. The number of hydrogen-bond acceptors (Lipinski definition) is 5. The van der Waals surface area contributed by atoms with Crippen molar-refractivity contribution in [1.29, 1.82) is 0 Å². The Morgan fingerprint density at radius 1 is 1.03 bits per heavy atom. The third-order valence-corrected chi connectivity index (χ3v) is 6.43. The monoisotopic (exact) mass is 455 g/mol. The smallest absolute Gasteiger partial charge is 0.271 e. The van der Waals surface area contributed by atoms with Crippen LogP contribution in [-0.4, -0.2) is 10.5 Å². The molecule has 0 unspecified atom stereocenters. The van der Waals surface area contributed by atoms with Crippen molar-refractivity contribution in [3.05, 3.63) is 121 Å². The molecule has 33 heavy (non-hydrogen) atoms. The number of nitrogens with one attached hydrogen (secondary N) is 1. The van der Waals surface area contributed by atoms with E-state index in [1.165, 1.54) is 11.3 Å². The number of aryl methyl sites for hydroxylation is 1. The van der Waals surface area contributed by atoms with Crippen LogP contribution in [0.5, 0.6) is 0 Å². The van der Waals surface area contributed by atoms with Gasteiger partial charge in [-0.1, -0.05) is 59.9 Å². The molecule has 164 valence electrons. The van der Waals surface area contributed by atoms with Crippen molar-refractivity contribution in [2.24, 2.45) is 4.99 Å². The van der Waals surface area contributed by atoms with Crippen LogP contribution in [0, 0.1) is 6.92 Å². The minimum atomic E-state index is -0.591. The molecule has 1 aliphatic heterocycles. The molecule has 0 aliphatic carbocycles. The number of fused-ring (bicyclic) bond motifs is 1. The second-order valence-corrected chi connectivity index (χ2v) is 8.77. The third kappa shape index (κ3) is 3.99. The number of rotatable bonds is 4. The molecule has 5 rings (SSSR count). The number of carbonyl (C=O) groups is 1. The number of thiazole rings is 1. The lowest BCUT2D eigenvalue weighted by atomic mass is 9.95. The maximum absolute atomic E-state index is 13.5. The van der Waals surface area contributed by atoms with E-state index in [1.807, 2.05) is 86.6 Å². The molecular formula is C26H21N3O3S. The molecule has 7 heteroatoms. The number of benzene rings is 2. The lowest BCUT2D eigenvalue weighted by molar-refractivity contribution is -0.113. The van der Waals surface area contributed by atoms with Crippen LogP contribution in [0.2, 0.25) is 0 Å². The topological polar surface area (TPSA) is 76.6 Å². The van der Waals surface area contributed by atoms with Gasteiger partial charge in [-0.3, -0.25) is 14.2 Å². The zero-order chi connectivity index (χ0) is 22.9. The maximum Gasteiger partial charge on any atom is 0.271 e. The van der Waals surface area contributed by atoms with E-state index in [9.17, 15) is 9.59 Å². The highest BCUT2D eigenvalue weighted by Crippen LogP contribution is 2.30. The summed E-state index contributed by atoms with van der Waals surface area (Å²) in [6, 6.07) is 21.9. The van der Waals surface area contributed by atoms with Crippen molar-refractivity contribution in [1.82, 2.24) is 4.57 Å². The Morgan fingerprint density at radius 2 is 1.73 bits per heavy atom. The molecule has 1 aliphatic rings. The van der Waals surface area contributed by atoms with Gasteiger partial charge in [-0.2, -0.15) is 0 Å². The number of amides is 1. The Labute approximate surface area is 193 Å². The molecule has 1 N–H and O–H groups in total. The van der Waals surface area contributed by atoms with Gasteiger partial charge in [0.25, 0.3) is 11.5 Å². The minimum Gasteiger partial charge on any atom is -0.462 e. The Bertz CT molecular complexity index is 1540. The van der Waals surface area contributed by atoms with Gasteiger partial charge in [0, 0.05) is 11.8 Å². The molecule has 0 fully saturated rings. The molecule has 0 radical (unpaired) electrons. The summed E-state index contributed by atoms with van der Waals surface area (Å²) in [5.41, 5.74) is 2.34. The summed E-state index contributed by atoms with van der Waals surface area (Å²) in [6.45, 7) is 3.66. The van der Waals surface area contributed by atoms with E-state index in [2.05, 4.69) is 10.3 Å². The molecule has 0 saturated heterocycles. The Kier molecular flexibility index (Phi) is 5.40. The Hall–Kier alpha value is -3.97. The van der Waals surface area contributed by atoms with E-state index >= 15 is 0 Å². The fourth-order valence-electron chi connectivity index (χ4n) is 3.94. The molecule has 0 saturated carbocycles. The summed E-state index contributed by atoms with van der Waals surface area (Å²) in [6.07, 6.45) is 1.72. The SMILES string of the molecule is CC1=C(C(=O)Nc2ccccc2)[C@H](c2ccccc2)n2c(s/c(=C/c3ccc(C)o3)c2=O)=N1. The van der Waals surface area contributed by atoms with Gasteiger partial charge in [0.05, 0.1) is 21.8 Å². The minimum absolute atomic E-state index is 0.209. The van der Waals surface area contributed by atoms with Crippen LogP contribution in [0.25, 0.3) is 6.08 Å². The van der Waals surface area contributed by atoms with Gasteiger partial charge in [0.2, 0.25) is 0 Å². The highest BCUT2D eigenvalue weighted by atomic mass is 32.1. The fourth-order valence-corrected chi connectivity index (χ4v) is 4.97. The molecule has 1 amide bonds. The highest BCUT2D eigenvalue weighted by molar-refractivity contribution is 7.07. The lowest BCUT2D eigenvalue weighted by Gasteiger charge is -2.25. The number of anilines is 1. The molecule has 2 aromatic carbocycles. The predicted octanol–water partition coefficient (Wildman–Crippen LogP) is 3.78. The first-order chi connectivity index (χ1) is 16.0. The van der Waals surface area contributed by atoms with E-state index < -0.39 is 6.04 Å². The molecule has 4 aromatic rings. The van der Waals surface area contributed by atoms with Crippen LogP contribution < -0.4 is 20.2 Å². The molecule has 0 bridgehead atoms. The van der Waals surface area contributed by atoms with Gasteiger partial charge in [0.15, 0.2) is 4.80 Å². The van der Waals surface area contributed by atoms with Gasteiger partial charge in [-0.15, -0.1) is 0 Å². The van der Waals surface area contributed by atoms with E-state index in [-0.39, 0.29) is 11.5 Å². The Morgan fingerprint density at radius 3 is 2.39 bits per heavy atom. The van der Waals surface area contributed by atoms with Gasteiger partial charge >= 0.3 is 0 Å². The summed E-state index contributed by atoms with van der Waals surface area (Å²) in [5, 5.41) is 2.95. The van der Waals surface area contributed by atoms with Crippen LogP contribution in [-0.2, 0) is 4.79 Å². The summed E-state index contributed by atoms with van der Waals surface area (Å²) < 4.78 is 7.74. The average Bonchev–Trinajstić information content (AvgIpc) is 3.36. The fraction of sp³-hybridized carbons (Fsp3) is 0.115. The summed E-state index contributed by atoms with van der Waals surface area (Å²) in [4.78, 5) is 32.1. The quantitative estimate of drug-likeness (QED) is 0.509. The van der Waals surface area contributed by atoms with Crippen molar-refractivity contribution in [2.75, 3.05) is 5.32 Å². The van der Waals surface area contributed by atoms with Gasteiger partial charge in [-0.05, 0) is 43.7 Å². The summed E-state index contributed by atoms with van der Waals surface area (Å²) >= 11 is 1.29. The first kappa shape index (κ1) is 20.9. The average molecular weight is 456 g/mol. The van der Waals surface area contributed by atoms with E-state index in [4.69, 9.17) is 4.42 Å². The van der Waals surface area contributed by atoms with E-state index in [0.29, 0.717) is 32.1 Å². The lowest BCUT2D eigenvalue weighted by Crippen LogP contribution is -2.40. The normalized spacial score (nSPS) is 15.8. The number of furan rings is 1. The summed E-state index contributed by atoms with van der Waals surface area (Å²) in [7, 11) is 0. The molecule has 6 nitrogen and oxygen atoms in total. The van der Waals surface area contributed by atoms with E-state index in [0.717, 1.165) is 11.3 Å². The second-order valence-electron chi connectivity index (χ2n) is 7.76. The van der Waals surface area contributed by atoms with Crippen LogP contribution in [0.15, 0.2) is 98.3 Å². The van der Waals surface area contributed by atoms with Gasteiger partial charge in [0.1, 0.15) is 11.5 Å². The van der Waals surface area contributed by atoms with Crippen molar-refractivity contribution >= 4 is 29.0 Å². The number of hydrogen-bond donors (Lipinski definition) is 1. The molecule has 2 aromatic heterocycles. The van der Waals surface area contributed by atoms with Crippen LogP contribution in [0.4, 0.5) is 5.69 Å². The molecule has 3 heterocycles. The van der Waals surface area contributed by atoms with Crippen LogP contribution in [0.3, 0.4) is 0 Å². The molecule has 1 atom stereocenters. The van der Waals surface area contributed by atoms with Crippen molar-refractivity contribution in [3.63, 3.8) is 0 Å². The van der Waals surface area contributed by atoms with Crippen molar-refractivity contribution in [3.8, 4) is 0 Å². The van der Waals surface area contributed by atoms with Crippen LogP contribution in [0.1, 0.15) is 30.0 Å². The maximum atomic E-state index is 13.5. The predicted molar refractivity (Wildman–Crippen MR) is 129 cm³/mol. The summed E-state index contributed by atoms with van der Waals surface area (Å²) in [5.74, 6) is 1.09. The standard InChI is InChI=1S/C26H21N3O3S/c1-16-13-14-20(32-16)15-21-25(31)29-23(18-9-5-3-6-10-18)22(17(2)27-26(29)33-21)24(30)28-19-11-7-4-8-12-19/h3-15,23H,1-2H3,(H,28,30)/b21-15+/t23-/m0/s1. The number of carbonyl (C=O) groups excluding carboxylic acids is 1. The zero-order valence-corrected chi connectivity index (χ0v) is 18.9. The largest absolute Gasteiger partial charge is 0.462 e. The third-order valence-electron chi connectivity index (χ3n) is 5.45. The molecule has 0 spiro atoms. The van der Waals surface area contributed by atoms with E-state index in [1.54, 1.807) is 10.6 Å². The molecular weight excluding hydrogens is 434 g/mol. The van der Waals surface area contributed by atoms with Crippen LogP contribution >= 0.6 is 11.3 Å².